The number of carbonyl (C=O) groups excluding carboxylic acids is 1. The first-order valence-electron chi connectivity index (χ1n) is 12.3. The molecule has 0 saturated carbocycles. The maximum Gasteiger partial charge on any atom is 0.269 e. The van der Waals surface area contributed by atoms with Crippen LogP contribution < -0.4 is 10.1 Å². The molecule has 39 heavy (non-hydrogen) atoms. The number of nitro groups is 1. The number of aryl methyl sites for hydroxylation is 1. The Morgan fingerprint density at radius 1 is 1.10 bits per heavy atom. The van der Waals surface area contributed by atoms with Gasteiger partial charge in [-0.25, -0.2) is 4.98 Å². The molecule has 0 aliphatic rings. The van der Waals surface area contributed by atoms with Gasteiger partial charge in [-0.05, 0) is 68.3 Å². The first-order valence-corrected chi connectivity index (χ1v) is 13.1. The van der Waals surface area contributed by atoms with Crippen LogP contribution in [0, 0.1) is 28.4 Å². The number of rotatable bonds is 9. The number of non-ortho nitro benzene ring substituents is 1. The molecule has 0 spiro atoms. The van der Waals surface area contributed by atoms with E-state index in [1.54, 1.807) is 13.8 Å². The lowest BCUT2D eigenvalue weighted by atomic mass is 9.99. The van der Waals surface area contributed by atoms with E-state index >= 15 is 0 Å². The van der Waals surface area contributed by atoms with Gasteiger partial charge in [0.25, 0.3) is 5.69 Å². The molecular weight excluding hydrogens is 512 g/mol. The summed E-state index contributed by atoms with van der Waals surface area (Å²) in [5, 5.41) is 23.8. The van der Waals surface area contributed by atoms with E-state index in [4.69, 9.17) is 9.72 Å². The van der Waals surface area contributed by atoms with Gasteiger partial charge in [0.2, 0.25) is 5.91 Å². The number of nitro benzene ring substituents is 1. The van der Waals surface area contributed by atoms with Crippen LogP contribution in [0.4, 0.5) is 11.4 Å². The lowest BCUT2D eigenvalue weighted by Crippen LogP contribution is -2.23. The molecule has 1 heterocycles. The highest BCUT2D eigenvalue weighted by Gasteiger charge is 2.22. The molecule has 8 nitrogen and oxygen atoms in total. The first-order chi connectivity index (χ1) is 18.8. The molecule has 4 rings (SSSR count). The van der Waals surface area contributed by atoms with Crippen molar-refractivity contribution < 1.29 is 14.5 Å². The number of nitrogens with one attached hydrogen (secondary N) is 1. The third-order valence-corrected chi connectivity index (χ3v) is 7.07. The van der Waals surface area contributed by atoms with E-state index in [0.717, 1.165) is 22.4 Å². The van der Waals surface area contributed by atoms with Crippen LogP contribution in [0.15, 0.2) is 83.9 Å². The zero-order chi connectivity index (χ0) is 27.9. The van der Waals surface area contributed by atoms with Crippen LogP contribution in [0.1, 0.15) is 25.0 Å². The zero-order valence-corrected chi connectivity index (χ0v) is 22.5. The summed E-state index contributed by atoms with van der Waals surface area (Å²) in [7, 11) is 0. The number of nitriles is 1. The maximum atomic E-state index is 13.1. The fourth-order valence-corrected chi connectivity index (χ4v) is 4.88. The quantitative estimate of drug-likeness (QED) is 0.138. The van der Waals surface area contributed by atoms with Gasteiger partial charge in [0.1, 0.15) is 16.8 Å². The van der Waals surface area contributed by atoms with E-state index in [1.165, 1.54) is 30.0 Å². The number of hydrogen-bond acceptors (Lipinski definition) is 7. The highest BCUT2D eigenvalue weighted by molar-refractivity contribution is 8.00. The minimum absolute atomic E-state index is 0.0460. The van der Waals surface area contributed by atoms with E-state index in [1.807, 2.05) is 67.6 Å². The van der Waals surface area contributed by atoms with Crippen molar-refractivity contribution in [3.63, 3.8) is 0 Å². The molecule has 0 radical (unpaired) electrons. The number of nitrogens with zero attached hydrogens (tertiary/aromatic N) is 3. The Morgan fingerprint density at radius 2 is 1.82 bits per heavy atom. The molecule has 3 aromatic carbocycles. The van der Waals surface area contributed by atoms with E-state index in [9.17, 15) is 20.2 Å². The molecule has 0 bridgehead atoms. The summed E-state index contributed by atoms with van der Waals surface area (Å²) in [4.78, 5) is 28.5. The molecular formula is C30H26N4O4S. The summed E-state index contributed by atoms with van der Waals surface area (Å²) in [5.74, 6) is 0.440. The summed E-state index contributed by atoms with van der Waals surface area (Å²) in [6, 6.07) is 25.6. The largest absolute Gasteiger partial charge is 0.494 e. The number of hydrogen-bond donors (Lipinski definition) is 1. The van der Waals surface area contributed by atoms with E-state index in [-0.39, 0.29) is 11.6 Å². The summed E-state index contributed by atoms with van der Waals surface area (Å²) < 4.78 is 5.56. The maximum absolute atomic E-state index is 13.1. The average molecular weight is 539 g/mol. The first kappa shape index (κ1) is 27.4. The molecule has 196 valence electrons. The number of thioether (sulfide) groups is 1. The number of pyridine rings is 1. The smallest absolute Gasteiger partial charge is 0.269 e. The minimum Gasteiger partial charge on any atom is -0.494 e. The number of carbonyl (C=O) groups is 1. The van der Waals surface area contributed by atoms with Crippen LogP contribution in [-0.2, 0) is 4.79 Å². The van der Waals surface area contributed by atoms with Crippen molar-refractivity contribution in [2.45, 2.75) is 31.0 Å². The normalized spacial score (nSPS) is 11.3. The molecule has 1 amide bonds. The number of benzene rings is 3. The second-order valence-electron chi connectivity index (χ2n) is 8.68. The summed E-state index contributed by atoms with van der Waals surface area (Å²) >= 11 is 1.19. The molecule has 0 aliphatic heterocycles. The topological polar surface area (TPSA) is 118 Å². The van der Waals surface area contributed by atoms with Gasteiger partial charge in [0.15, 0.2) is 0 Å². The monoisotopic (exact) mass is 538 g/mol. The lowest BCUT2D eigenvalue weighted by Gasteiger charge is -2.16. The second kappa shape index (κ2) is 12.2. The van der Waals surface area contributed by atoms with Crippen LogP contribution in [-0.4, -0.2) is 27.7 Å². The Morgan fingerprint density at radius 3 is 2.44 bits per heavy atom. The van der Waals surface area contributed by atoms with Gasteiger partial charge in [-0.3, -0.25) is 14.9 Å². The van der Waals surface area contributed by atoms with E-state index < -0.39 is 10.2 Å². The Labute approximate surface area is 230 Å². The average Bonchev–Trinajstić information content (AvgIpc) is 2.94. The predicted molar refractivity (Wildman–Crippen MR) is 153 cm³/mol. The molecule has 1 aromatic heterocycles. The third kappa shape index (κ3) is 6.43. The van der Waals surface area contributed by atoms with Gasteiger partial charge < -0.3 is 10.1 Å². The second-order valence-corrected chi connectivity index (χ2v) is 10.0. The Hall–Kier alpha value is -4.68. The summed E-state index contributed by atoms with van der Waals surface area (Å²) in [6.45, 7) is 5.91. The van der Waals surface area contributed by atoms with Crippen molar-refractivity contribution in [3.05, 3.63) is 100 Å². The van der Waals surface area contributed by atoms with Crippen LogP contribution in [0.3, 0.4) is 0 Å². The van der Waals surface area contributed by atoms with Crippen LogP contribution in [0.2, 0.25) is 0 Å². The molecule has 4 aromatic rings. The van der Waals surface area contributed by atoms with Gasteiger partial charge in [-0.1, -0.05) is 42.1 Å². The standard InChI is InChI=1S/C30H26N4O4S/c1-4-38-24-13-10-22(11-14-24)28-17-25(21-8-6-5-7-9-21)26(18-31)30(33-28)39-20(3)29(35)32-27-15-12-23(34(36)37)16-19(27)2/h5-17,20H,4H2,1-3H3,(H,32,35). The van der Waals surface area contributed by atoms with Gasteiger partial charge in [-0.2, -0.15) is 5.26 Å². The molecule has 1 unspecified atom stereocenters. The van der Waals surface area contributed by atoms with Crippen molar-refractivity contribution >= 4 is 29.0 Å². The summed E-state index contributed by atoms with van der Waals surface area (Å²) in [5.41, 5.74) is 4.50. The van der Waals surface area contributed by atoms with Crippen LogP contribution in [0.5, 0.6) is 5.75 Å². The van der Waals surface area contributed by atoms with Crippen molar-refractivity contribution in [1.82, 2.24) is 4.98 Å². The van der Waals surface area contributed by atoms with Gasteiger partial charge in [-0.15, -0.1) is 0 Å². The zero-order valence-electron chi connectivity index (χ0n) is 21.7. The fraction of sp³-hybridized carbons (Fsp3) is 0.167. The van der Waals surface area contributed by atoms with Gasteiger partial charge in [0.05, 0.1) is 28.0 Å². The number of amides is 1. The third-order valence-electron chi connectivity index (χ3n) is 5.98. The Bertz CT molecular complexity index is 1550. The van der Waals surface area contributed by atoms with Crippen molar-refractivity contribution in [2.75, 3.05) is 11.9 Å². The highest BCUT2D eigenvalue weighted by atomic mass is 32.2. The number of anilines is 1. The van der Waals surface area contributed by atoms with Crippen molar-refractivity contribution in [2.24, 2.45) is 0 Å². The molecule has 9 heteroatoms. The lowest BCUT2D eigenvalue weighted by molar-refractivity contribution is -0.384. The Kier molecular flexibility index (Phi) is 8.59. The molecule has 1 N–H and O–H groups in total. The molecule has 0 fully saturated rings. The van der Waals surface area contributed by atoms with Crippen LogP contribution >= 0.6 is 11.8 Å². The van der Waals surface area contributed by atoms with Gasteiger partial charge >= 0.3 is 0 Å². The number of ether oxygens (including phenoxy) is 1. The molecule has 0 saturated heterocycles. The fourth-order valence-electron chi connectivity index (χ4n) is 3.95. The van der Waals surface area contributed by atoms with Crippen molar-refractivity contribution in [3.8, 4) is 34.2 Å². The van der Waals surface area contributed by atoms with E-state index in [0.29, 0.717) is 34.1 Å². The molecule has 0 aliphatic carbocycles. The predicted octanol–water partition coefficient (Wildman–Crippen LogP) is 7.02. The minimum atomic E-state index is -0.613. The van der Waals surface area contributed by atoms with Crippen LogP contribution in [0.25, 0.3) is 22.4 Å². The highest BCUT2D eigenvalue weighted by Crippen LogP contribution is 2.36. The SMILES string of the molecule is CCOc1ccc(-c2cc(-c3ccccc3)c(C#N)c(SC(C)C(=O)Nc3ccc([N+](=O)[O-])cc3C)n2)cc1. The van der Waals surface area contributed by atoms with Crippen molar-refractivity contribution in [1.29, 1.82) is 5.26 Å². The molecule has 1 atom stereocenters. The Balaban J connectivity index is 1.68. The van der Waals surface area contributed by atoms with Gasteiger partial charge in [0, 0.05) is 28.9 Å². The van der Waals surface area contributed by atoms with E-state index in [2.05, 4.69) is 11.4 Å². The number of aromatic nitrogens is 1. The summed E-state index contributed by atoms with van der Waals surface area (Å²) in [6.07, 6.45) is 0.